The zero-order valence-corrected chi connectivity index (χ0v) is 15.4. The van der Waals surface area contributed by atoms with Gasteiger partial charge in [0.2, 0.25) is 0 Å². The highest BCUT2D eigenvalue weighted by atomic mass is 16.3. The molecule has 6 nitrogen and oxygen atoms in total. The molecule has 0 saturated carbocycles. The van der Waals surface area contributed by atoms with Crippen LogP contribution < -0.4 is 15.5 Å². The molecule has 0 spiro atoms. The summed E-state index contributed by atoms with van der Waals surface area (Å²) in [5, 5.41) is 14.6. The number of carbonyl (C=O) groups is 2. The number of nitrogens with zero attached hydrogens (tertiary/aromatic N) is 1. The van der Waals surface area contributed by atoms with Crippen LogP contribution in [0.5, 0.6) is 0 Å². The van der Waals surface area contributed by atoms with Crippen LogP contribution in [0, 0.1) is 0 Å². The van der Waals surface area contributed by atoms with E-state index in [0.717, 1.165) is 18.5 Å². The van der Waals surface area contributed by atoms with Gasteiger partial charge in [0, 0.05) is 36.1 Å². The number of benzene rings is 2. The monoisotopic (exact) mass is 367 g/mol. The summed E-state index contributed by atoms with van der Waals surface area (Å²) < 4.78 is 0. The Bertz CT molecular complexity index is 822. The number of carbonyl (C=O) groups excluding carboxylic acids is 2. The number of rotatable bonds is 6. The first-order chi connectivity index (χ1) is 13.1. The lowest BCUT2D eigenvalue weighted by Gasteiger charge is -2.18. The molecule has 2 aromatic carbocycles. The fourth-order valence-electron chi connectivity index (χ4n) is 3.32. The normalized spacial score (nSPS) is 13.8. The van der Waals surface area contributed by atoms with E-state index < -0.39 is 0 Å². The smallest absolute Gasteiger partial charge is 0.319 e. The Morgan fingerprint density at radius 3 is 2.78 bits per heavy atom. The summed E-state index contributed by atoms with van der Waals surface area (Å²) in [6.45, 7) is 2.64. The number of fused-ring (bicyclic) bond motifs is 1. The minimum atomic E-state index is -0.341. The van der Waals surface area contributed by atoms with Gasteiger partial charge in [0.05, 0.1) is 0 Å². The zero-order chi connectivity index (χ0) is 19.2. The largest absolute Gasteiger partial charge is 0.396 e. The van der Waals surface area contributed by atoms with Gasteiger partial charge in [-0.15, -0.1) is 0 Å². The molecule has 2 aromatic rings. The summed E-state index contributed by atoms with van der Waals surface area (Å²) in [5.74, 6) is -0.0734. The van der Waals surface area contributed by atoms with Gasteiger partial charge < -0.3 is 20.6 Å². The van der Waals surface area contributed by atoms with Crippen molar-refractivity contribution < 1.29 is 14.7 Å². The first-order valence-corrected chi connectivity index (χ1v) is 9.30. The molecule has 1 atom stereocenters. The number of aliphatic hydroxyl groups excluding tert-OH is 1. The lowest BCUT2D eigenvalue weighted by Crippen LogP contribution is -2.38. The highest BCUT2D eigenvalue weighted by molar-refractivity contribution is 6.08. The Balaban J connectivity index is 1.69. The molecule has 3 rings (SSSR count). The number of anilines is 2. The lowest BCUT2D eigenvalue weighted by atomic mass is 10.1. The van der Waals surface area contributed by atoms with E-state index in [2.05, 4.69) is 10.6 Å². The summed E-state index contributed by atoms with van der Waals surface area (Å²) in [4.78, 5) is 26.9. The predicted molar refractivity (Wildman–Crippen MR) is 106 cm³/mol. The van der Waals surface area contributed by atoms with E-state index in [9.17, 15) is 9.59 Å². The first kappa shape index (κ1) is 18.9. The number of nitrogens with one attached hydrogen (secondary N) is 2. The van der Waals surface area contributed by atoms with Crippen LogP contribution in [0.2, 0.25) is 0 Å². The molecule has 3 N–H and O–H groups in total. The van der Waals surface area contributed by atoms with Crippen LogP contribution in [-0.2, 0) is 6.42 Å². The average Bonchev–Trinajstić information content (AvgIpc) is 3.11. The van der Waals surface area contributed by atoms with Gasteiger partial charge in [-0.25, -0.2) is 4.79 Å². The summed E-state index contributed by atoms with van der Waals surface area (Å²) in [7, 11) is 0. The van der Waals surface area contributed by atoms with Crippen LogP contribution >= 0.6 is 0 Å². The predicted octanol–water partition coefficient (Wildman–Crippen LogP) is 3.17. The molecule has 0 saturated heterocycles. The minimum absolute atomic E-state index is 0.0279. The van der Waals surface area contributed by atoms with Crippen molar-refractivity contribution in [2.24, 2.45) is 0 Å². The Morgan fingerprint density at radius 1 is 1.19 bits per heavy atom. The number of hydrogen-bond acceptors (Lipinski definition) is 3. The van der Waals surface area contributed by atoms with E-state index in [1.54, 1.807) is 29.2 Å². The molecule has 0 radical (unpaired) electrons. The quantitative estimate of drug-likeness (QED) is 0.733. The first-order valence-electron chi connectivity index (χ1n) is 9.30. The number of amides is 3. The molecule has 1 aliphatic rings. The highest BCUT2D eigenvalue weighted by Crippen LogP contribution is 2.29. The number of aliphatic hydroxyl groups is 1. The Labute approximate surface area is 159 Å². The van der Waals surface area contributed by atoms with Gasteiger partial charge in [-0.2, -0.15) is 0 Å². The van der Waals surface area contributed by atoms with Gasteiger partial charge in [-0.3, -0.25) is 4.79 Å². The van der Waals surface area contributed by atoms with Crippen LogP contribution in [0.4, 0.5) is 16.2 Å². The second-order valence-electron chi connectivity index (χ2n) is 6.63. The van der Waals surface area contributed by atoms with Crippen molar-refractivity contribution in [3.63, 3.8) is 0 Å². The molecule has 1 heterocycles. The maximum absolute atomic E-state index is 12.9. The van der Waals surface area contributed by atoms with Gasteiger partial charge in [-0.05, 0) is 49.1 Å². The fraction of sp³-hybridized carbons (Fsp3) is 0.333. The molecule has 0 aliphatic carbocycles. The Kier molecular flexibility index (Phi) is 6.08. The SMILES string of the molecule is CCC(CCO)NC(=O)Nc1cccc(C(=O)N2CCc3ccccc32)c1. The van der Waals surface area contributed by atoms with Gasteiger partial charge in [0.1, 0.15) is 0 Å². The van der Waals surface area contributed by atoms with E-state index in [1.807, 2.05) is 31.2 Å². The van der Waals surface area contributed by atoms with Crippen LogP contribution in [-0.4, -0.2) is 36.2 Å². The van der Waals surface area contributed by atoms with Crippen LogP contribution in [0.25, 0.3) is 0 Å². The molecule has 3 amide bonds. The summed E-state index contributed by atoms with van der Waals surface area (Å²) in [6.07, 6.45) is 2.10. The number of para-hydroxylation sites is 1. The number of hydrogen-bond donors (Lipinski definition) is 3. The van der Waals surface area contributed by atoms with Crippen molar-refractivity contribution in [2.45, 2.75) is 32.2 Å². The van der Waals surface area contributed by atoms with Crippen molar-refractivity contribution in [2.75, 3.05) is 23.4 Å². The topological polar surface area (TPSA) is 81.7 Å². The summed E-state index contributed by atoms with van der Waals surface area (Å²) in [6, 6.07) is 14.5. The standard InChI is InChI=1S/C21H25N3O3/c1-2-17(11-13-25)22-21(27)23-18-8-5-7-16(14-18)20(26)24-12-10-15-6-3-4-9-19(15)24/h3-9,14,17,25H,2,10-13H2,1H3,(H2,22,23,27). The lowest BCUT2D eigenvalue weighted by molar-refractivity contribution is 0.0989. The van der Waals surface area contributed by atoms with Gasteiger partial charge >= 0.3 is 6.03 Å². The molecule has 0 fully saturated rings. The third-order valence-electron chi connectivity index (χ3n) is 4.81. The zero-order valence-electron chi connectivity index (χ0n) is 15.4. The van der Waals surface area contributed by atoms with E-state index in [1.165, 1.54) is 5.56 Å². The average molecular weight is 367 g/mol. The Hall–Kier alpha value is -2.86. The second-order valence-corrected chi connectivity index (χ2v) is 6.63. The molecule has 0 aromatic heterocycles. The molecular weight excluding hydrogens is 342 g/mol. The van der Waals surface area contributed by atoms with E-state index in [-0.39, 0.29) is 24.6 Å². The summed E-state index contributed by atoms with van der Waals surface area (Å²) >= 11 is 0. The maximum atomic E-state index is 12.9. The van der Waals surface area contributed by atoms with Crippen LogP contribution in [0.1, 0.15) is 35.7 Å². The number of urea groups is 1. The Morgan fingerprint density at radius 2 is 2.00 bits per heavy atom. The molecule has 6 heteroatoms. The fourth-order valence-corrected chi connectivity index (χ4v) is 3.32. The van der Waals surface area contributed by atoms with E-state index in [0.29, 0.717) is 24.2 Å². The maximum Gasteiger partial charge on any atom is 0.319 e. The minimum Gasteiger partial charge on any atom is -0.396 e. The van der Waals surface area contributed by atoms with Crippen LogP contribution in [0.15, 0.2) is 48.5 Å². The van der Waals surface area contributed by atoms with Crippen molar-refractivity contribution in [3.05, 3.63) is 59.7 Å². The van der Waals surface area contributed by atoms with Crippen molar-refractivity contribution >= 4 is 23.3 Å². The molecule has 0 bridgehead atoms. The molecule has 1 aliphatic heterocycles. The van der Waals surface area contributed by atoms with Gasteiger partial charge in [0.15, 0.2) is 0 Å². The second kappa shape index (κ2) is 8.68. The van der Waals surface area contributed by atoms with Crippen LogP contribution in [0.3, 0.4) is 0 Å². The summed E-state index contributed by atoms with van der Waals surface area (Å²) in [5.41, 5.74) is 3.22. The van der Waals surface area contributed by atoms with Crippen molar-refractivity contribution in [3.8, 4) is 0 Å². The third kappa shape index (κ3) is 4.46. The van der Waals surface area contributed by atoms with Crippen molar-refractivity contribution in [1.29, 1.82) is 0 Å². The van der Waals surface area contributed by atoms with E-state index >= 15 is 0 Å². The highest BCUT2D eigenvalue weighted by Gasteiger charge is 2.25. The molecule has 1 unspecified atom stereocenters. The van der Waals surface area contributed by atoms with E-state index in [4.69, 9.17) is 5.11 Å². The third-order valence-corrected chi connectivity index (χ3v) is 4.81. The molecule has 27 heavy (non-hydrogen) atoms. The van der Waals surface area contributed by atoms with Gasteiger partial charge in [0.25, 0.3) is 5.91 Å². The van der Waals surface area contributed by atoms with Gasteiger partial charge in [-0.1, -0.05) is 31.2 Å². The van der Waals surface area contributed by atoms with Crippen molar-refractivity contribution in [1.82, 2.24) is 5.32 Å². The molecular formula is C21H25N3O3. The molecule has 142 valence electrons.